The largest absolute Gasteiger partial charge is 0.492 e. The zero-order valence-corrected chi connectivity index (χ0v) is 25.7. The number of amides is 1. The molecule has 1 aliphatic rings. The van der Waals surface area contributed by atoms with Gasteiger partial charge in [-0.1, -0.05) is 12.1 Å². The van der Waals surface area contributed by atoms with Crippen LogP contribution in [0.1, 0.15) is 34.3 Å². The predicted octanol–water partition coefficient (Wildman–Crippen LogP) is 5.85. The van der Waals surface area contributed by atoms with Crippen LogP contribution in [0, 0.1) is 23.3 Å². The maximum Gasteiger partial charge on any atom is 0.251 e. The molecule has 0 aliphatic heterocycles. The van der Waals surface area contributed by atoms with Gasteiger partial charge in [-0.3, -0.25) is 14.5 Å². The number of methoxy groups -OCH3 is 2. The van der Waals surface area contributed by atoms with Crippen LogP contribution in [0.2, 0.25) is 0 Å². The van der Waals surface area contributed by atoms with Crippen LogP contribution in [0.4, 0.5) is 17.6 Å². The first-order chi connectivity index (χ1) is 22.2. The van der Waals surface area contributed by atoms with Gasteiger partial charge in [-0.25, -0.2) is 17.6 Å². The van der Waals surface area contributed by atoms with Gasteiger partial charge in [-0.05, 0) is 84.7 Å². The number of hydrogen-bond donors (Lipinski definition) is 1. The van der Waals surface area contributed by atoms with Crippen LogP contribution >= 0.6 is 0 Å². The second-order valence-electron chi connectivity index (χ2n) is 10.8. The van der Waals surface area contributed by atoms with Gasteiger partial charge in [0.2, 0.25) is 0 Å². The average Bonchev–Trinajstić information content (AvgIpc) is 3.04. The van der Waals surface area contributed by atoms with Crippen molar-refractivity contribution in [2.24, 2.45) is 0 Å². The van der Waals surface area contributed by atoms with E-state index in [2.05, 4.69) is 10.2 Å². The van der Waals surface area contributed by atoms with Crippen molar-refractivity contribution in [1.29, 1.82) is 0 Å². The number of ether oxygens (including phenoxy) is 3. The van der Waals surface area contributed by atoms with Crippen LogP contribution in [0.25, 0.3) is 12.2 Å². The monoisotopic (exact) mass is 640 g/mol. The fraction of sp³-hybridized carbons (Fsp3) is 0.314. The lowest BCUT2D eigenvalue weighted by atomic mass is 9.83. The van der Waals surface area contributed by atoms with Crippen LogP contribution in [-0.2, 0) is 14.3 Å². The Labute approximate surface area is 265 Å². The van der Waals surface area contributed by atoms with Crippen molar-refractivity contribution in [3.8, 4) is 5.75 Å². The lowest BCUT2D eigenvalue weighted by molar-refractivity contribution is -0.113. The fourth-order valence-electron chi connectivity index (χ4n) is 4.99. The van der Waals surface area contributed by atoms with Crippen molar-refractivity contribution >= 4 is 23.8 Å². The molecule has 0 spiro atoms. The number of halogens is 4. The first-order valence-electron chi connectivity index (χ1n) is 14.8. The number of nitrogens with one attached hydrogen (secondary N) is 1. The molecular formula is C35H36F4N2O5. The highest BCUT2D eigenvalue weighted by Gasteiger charge is 2.29. The fourth-order valence-corrected chi connectivity index (χ4v) is 4.99. The van der Waals surface area contributed by atoms with Crippen molar-refractivity contribution in [3.05, 3.63) is 112 Å². The molecule has 3 aromatic rings. The first-order valence-corrected chi connectivity index (χ1v) is 14.8. The predicted molar refractivity (Wildman–Crippen MR) is 166 cm³/mol. The number of hydrogen-bond acceptors (Lipinski definition) is 6. The smallest absolute Gasteiger partial charge is 0.251 e. The maximum absolute atomic E-state index is 13.9. The highest BCUT2D eigenvalue weighted by Crippen LogP contribution is 2.29. The zero-order valence-electron chi connectivity index (χ0n) is 25.7. The summed E-state index contributed by atoms with van der Waals surface area (Å²) in [5.41, 5.74) is 1.37. The van der Waals surface area contributed by atoms with E-state index in [0.29, 0.717) is 37.7 Å². The van der Waals surface area contributed by atoms with Crippen LogP contribution in [0.3, 0.4) is 0 Å². The molecule has 0 atom stereocenters. The van der Waals surface area contributed by atoms with Crippen molar-refractivity contribution in [2.45, 2.75) is 18.9 Å². The second-order valence-corrected chi connectivity index (χ2v) is 10.8. The number of rotatable bonds is 14. The van der Waals surface area contributed by atoms with E-state index in [0.717, 1.165) is 37.4 Å². The first kappa shape index (κ1) is 34.6. The Bertz CT molecular complexity index is 1490. The molecule has 244 valence electrons. The topological polar surface area (TPSA) is 77.1 Å². The highest BCUT2D eigenvalue weighted by molar-refractivity contribution is 6.14. The van der Waals surface area contributed by atoms with E-state index in [-0.39, 0.29) is 35.1 Å². The Hall–Kier alpha value is -4.32. The van der Waals surface area contributed by atoms with Gasteiger partial charge in [0.25, 0.3) is 5.91 Å². The Morgan fingerprint density at radius 2 is 1.26 bits per heavy atom. The molecule has 1 N–H and O–H groups in total. The van der Waals surface area contributed by atoms with Crippen molar-refractivity contribution in [3.63, 3.8) is 0 Å². The van der Waals surface area contributed by atoms with E-state index >= 15 is 0 Å². The molecule has 0 saturated heterocycles. The van der Waals surface area contributed by atoms with Crippen LogP contribution in [-0.4, -0.2) is 76.3 Å². The van der Waals surface area contributed by atoms with Crippen molar-refractivity contribution < 1.29 is 41.4 Å². The number of benzene rings is 3. The number of carbonyl (C=O) groups excluding carboxylic acids is 2. The maximum atomic E-state index is 13.9. The third-order valence-electron chi connectivity index (χ3n) is 7.44. The lowest BCUT2D eigenvalue weighted by Gasteiger charge is -2.27. The van der Waals surface area contributed by atoms with Crippen LogP contribution in [0.15, 0.2) is 71.8 Å². The van der Waals surface area contributed by atoms with Gasteiger partial charge in [0, 0.05) is 56.6 Å². The summed E-state index contributed by atoms with van der Waals surface area (Å²) in [6.07, 6.45) is 3.09. The van der Waals surface area contributed by atoms with Gasteiger partial charge in [-0.15, -0.1) is 0 Å². The Kier molecular flexibility index (Phi) is 12.6. The highest BCUT2D eigenvalue weighted by atomic mass is 19.2. The summed E-state index contributed by atoms with van der Waals surface area (Å²) in [5, 5.41) is 2.93. The lowest BCUT2D eigenvalue weighted by Crippen LogP contribution is -2.39. The quantitative estimate of drug-likeness (QED) is 0.176. The summed E-state index contributed by atoms with van der Waals surface area (Å²) < 4.78 is 70.9. The van der Waals surface area contributed by atoms with Gasteiger partial charge < -0.3 is 19.5 Å². The molecule has 1 fully saturated rings. The third kappa shape index (κ3) is 9.84. The minimum Gasteiger partial charge on any atom is -0.492 e. The van der Waals surface area contributed by atoms with Gasteiger partial charge in [0.15, 0.2) is 29.1 Å². The summed E-state index contributed by atoms with van der Waals surface area (Å²) in [4.78, 5) is 28.8. The second kappa shape index (κ2) is 16.8. The molecule has 0 radical (unpaired) electrons. The van der Waals surface area contributed by atoms with E-state index in [1.54, 1.807) is 38.5 Å². The molecule has 1 aliphatic carbocycles. The molecule has 0 aromatic heterocycles. The van der Waals surface area contributed by atoms with Crippen molar-refractivity contribution in [1.82, 2.24) is 10.2 Å². The minimum absolute atomic E-state index is 0.114. The molecule has 0 bridgehead atoms. The average molecular weight is 641 g/mol. The van der Waals surface area contributed by atoms with E-state index in [1.807, 2.05) is 0 Å². The molecule has 1 saturated carbocycles. The summed E-state index contributed by atoms with van der Waals surface area (Å²) in [6.45, 7) is 3.75. The van der Waals surface area contributed by atoms with Gasteiger partial charge in [0.1, 0.15) is 12.4 Å². The van der Waals surface area contributed by atoms with Crippen LogP contribution in [0.5, 0.6) is 5.75 Å². The van der Waals surface area contributed by atoms with Gasteiger partial charge >= 0.3 is 0 Å². The molecule has 4 rings (SSSR count). The Morgan fingerprint density at radius 1 is 0.761 bits per heavy atom. The number of Topliss-reactive ketones (excluding diaryl/α,β-unsaturated/α-hetero) is 1. The molecule has 7 nitrogen and oxygen atoms in total. The van der Waals surface area contributed by atoms with Gasteiger partial charge in [-0.2, -0.15) is 0 Å². The number of ketones is 1. The summed E-state index contributed by atoms with van der Waals surface area (Å²) in [7, 11) is 3.29. The number of nitrogens with zero attached hydrogens (tertiary/aromatic N) is 1. The SMILES string of the molecule is COCCN(CCOC)CCOc1ccc(C(=O)NC2C/C(=C\c3ccc(F)c(F)c3)C(=O)/C(=C/c3ccc(F)c(F)c3)C2)cc1. The third-order valence-corrected chi connectivity index (χ3v) is 7.44. The summed E-state index contributed by atoms with van der Waals surface area (Å²) in [6, 6.07) is 12.6. The minimum atomic E-state index is -1.07. The van der Waals surface area contributed by atoms with Crippen LogP contribution < -0.4 is 10.1 Å². The summed E-state index contributed by atoms with van der Waals surface area (Å²) in [5.74, 6) is -4.39. The molecule has 1 amide bonds. The Morgan fingerprint density at radius 3 is 1.74 bits per heavy atom. The normalized spacial score (nSPS) is 16.8. The standard InChI is InChI=1S/C35H36F4N2O5/c1-44-14-11-41(12-15-45-2)13-16-46-29-7-5-25(6-8-29)35(43)40-28-21-26(17-23-3-9-30(36)32(38)19-23)34(42)27(22-28)18-24-4-10-31(37)33(39)20-24/h3-10,17-20,28H,11-16,21-22H2,1-2H3,(H,40,43)/b26-17+,27-18+. The number of carbonyl (C=O) groups is 2. The molecule has 11 heteroatoms. The van der Waals surface area contributed by atoms with Crippen molar-refractivity contribution in [2.75, 3.05) is 53.7 Å². The van der Waals surface area contributed by atoms with Gasteiger partial charge in [0.05, 0.1) is 13.2 Å². The van der Waals surface area contributed by atoms with E-state index in [1.165, 1.54) is 24.3 Å². The molecule has 0 heterocycles. The van der Waals surface area contributed by atoms with E-state index < -0.39 is 41.0 Å². The molecule has 0 unspecified atom stereocenters. The van der Waals surface area contributed by atoms with E-state index in [9.17, 15) is 27.2 Å². The van der Waals surface area contributed by atoms with E-state index in [4.69, 9.17) is 14.2 Å². The molecule has 46 heavy (non-hydrogen) atoms. The zero-order chi connectivity index (χ0) is 33.1. The Balaban J connectivity index is 1.46. The molecular weight excluding hydrogens is 604 g/mol. The molecule has 3 aromatic carbocycles. The summed E-state index contributed by atoms with van der Waals surface area (Å²) >= 11 is 0.